The molecule has 0 atom stereocenters. The largest absolute Gasteiger partial charge is 0.494 e. The molecule has 0 aliphatic rings. The molecule has 3 N–H and O–H groups in total. The van der Waals surface area contributed by atoms with Crippen molar-refractivity contribution in [2.75, 3.05) is 19.7 Å². The van der Waals surface area contributed by atoms with E-state index in [0.717, 1.165) is 25.3 Å². The van der Waals surface area contributed by atoms with Crippen molar-refractivity contribution in [3.8, 4) is 5.75 Å². The van der Waals surface area contributed by atoms with Crippen molar-refractivity contribution in [3.05, 3.63) is 29.8 Å². The zero-order chi connectivity index (χ0) is 12.7. The van der Waals surface area contributed by atoms with Gasteiger partial charge in [0, 0.05) is 12.1 Å². The van der Waals surface area contributed by atoms with Crippen LogP contribution in [0.4, 0.5) is 0 Å². The van der Waals surface area contributed by atoms with Crippen LogP contribution in [-0.4, -0.2) is 25.2 Å². The lowest BCUT2D eigenvalue weighted by molar-refractivity contribution is 0.340. The Labute approximate surface area is 104 Å². The number of nitrogens with two attached hydrogens (primary N) is 1. The Hall–Kier alpha value is -1.06. The van der Waals surface area contributed by atoms with Gasteiger partial charge in [0.05, 0.1) is 6.61 Å². The third-order valence-corrected chi connectivity index (χ3v) is 2.41. The van der Waals surface area contributed by atoms with Crippen LogP contribution in [0.1, 0.15) is 26.3 Å². The standard InChI is InChI=1S/C14H24N2O/c1-4-17-13-7-5-12(6-8-13)9-10-16-11-14(2,3)15/h5-8,16H,4,9-11,15H2,1-3H3. The molecule has 1 aromatic rings. The average molecular weight is 236 g/mol. The molecule has 0 saturated heterocycles. The fourth-order valence-corrected chi connectivity index (χ4v) is 1.56. The SMILES string of the molecule is CCOc1ccc(CCNCC(C)(C)N)cc1. The second-order valence-electron chi connectivity index (χ2n) is 4.99. The van der Waals surface area contributed by atoms with E-state index in [-0.39, 0.29) is 5.54 Å². The summed E-state index contributed by atoms with van der Waals surface area (Å²) >= 11 is 0. The number of ether oxygens (including phenoxy) is 1. The Morgan fingerprint density at radius 3 is 2.41 bits per heavy atom. The molecule has 0 bridgehead atoms. The Bertz CT molecular complexity index is 314. The van der Waals surface area contributed by atoms with E-state index in [1.54, 1.807) is 0 Å². The van der Waals surface area contributed by atoms with Gasteiger partial charge in [0.25, 0.3) is 0 Å². The topological polar surface area (TPSA) is 47.3 Å². The zero-order valence-corrected chi connectivity index (χ0v) is 11.1. The maximum atomic E-state index is 5.89. The first-order chi connectivity index (χ1) is 8.01. The number of hydrogen-bond donors (Lipinski definition) is 2. The minimum absolute atomic E-state index is 0.140. The predicted molar refractivity (Wildman–Crippen MR) is 72.5 cm³/mol. The van der Waals surface area contributed by atoms with Crippen molar-refractivity contribution < 1.29 is 4.74 Å². The van der Waals surface area contributed by atoms with Crippen molar-refractivity contribution in [2.24, 2.45) is 5.73 Å². The molecule has 0 aliphatic carbocycles. The van der Waals surface area contributed by atoms with E-state index in [0.29, 0.717) is 6.61 Å². The number of nitrogens with one attached hydrogen (secondary N) is 1. The molecule has 96 valence electrons. The van der Waals surface area contributed by atoms with Gasteiger partial charge in [-0.2, -0.15) is 0 Å². The number of hydrogen-bond acceptors (Lipinski definition) is 3. The highest BCUT2D eigenvalue weighted by Crippen LogP contribution is 2.12. The van der Waals surface area contributed by atoms with Crippen LogP contribution < -0.4 is 15.8 Å². The van der Waals surface area contributed by atoms with Gasteiger partial charge in [0.1, 0.15) is 5.75 Å². The summed E-state index contributed by atoms with van der Waals surface area (Å²) in [5.41, 5.74) is 7.06. The average Bonchev–Trinajstić information content (AvgIpc) is 2.26. The fourth-order valence-electron chi connectivity index (χ4n) is 1.56. The van der Waals surface area contributed by atoms with Crippen LogP contribution in [-0.2, 0) is 6.42 Å². The molecular weight excluding hydrogens is 212 g/mol. The van der Waals surface area contributed by atoms with Gasteiger partial charge in [-0.05, 0) is 51.4 Å². The van der Waals surface area contributed by atoms with Gasteiger partial charge in [-0.15, -0.1) is 0 Å². The third kappa shape index (κ3) is 6.29. The molecule has 0 heterocycles. The summed E-state index contributed by atoms with van der Waals surface area (Å²) < 4.78 is 5.40. The van der Waals surface area contributed by atoms with E-state index in [4.69, 9.17) is 10.5 Å². The maximum absolute atomic E-state index is 5.89. The summed E-state index contributed by atoms with van der Waals surface area (Å²) in [5.74, 6) is 0.937. The van der Waals surface area contributed by atoms with Crippen molar-refractivity contribution in [3.63, 3.8) is 0 Å². The molecule has 3 heteroatoms. The van der Waals surface area contributed by atoms with Crippen LogP contribution >= 0.6 is 0 Å². The lowest BCUT2D eigenvalue weighted by Crippen LogP contribution is -2.43. The summed E-state index contributed by atoms with van der Waals surface area (Å²) in [6, 6.07) is 8.26. The lowest BCUT2D eigenvalue weighted by atomic mass is 10.1. The first kappa shape index (κ1) is 14.0. The molecule has 1 rings (SSSR count). The first-order valence-electron chi connectivity index (χ1n) is 6.22. The van der Waals surface area contributed by atoms with Gasteiger partial charge >= 0.3 is 0 Å². The van der Waals surface area contributed by atoms with Gasteiger partial charge in [0.2, 0.25) is 0 Å². The molecule has 3 nitrogen and oxygen atoms in total. The second kappa shape index (κ2) is 6.62. The predicted octanol–water partition coefficient (Wildman–Crippen LogP) is 1.95. The lowest BCUT2D eigenvalue weighted by Gasteiger charge is -2.18. The summed E-state index contributed by atoms with van der Waals surface area (Å²) in [4.78, 5) is 0. The molecule has 0 aromatic heterocycles. The van der Waals surface area contributed by atoms with Crippen molar-refractivity contribution >= 4 is 0 Å². The van der Waals surface area contributed by atoms with Gasteiger partial charge < -0.3 is 15.8 Å². The van der Waals surface area contributed by atoms with Crippen LogP contribution in [0, 0.1) is 0 Å². The second-order valence-corrected chi connectivity index (χ2v) is 4.99. The highest BCUT2D eigenvalue weighted by Gasteiger charge is 2.08. The number of rotatable bonds is 7. The molecule has 0 saturated carbocycles. The summed E-state index contributed by atoms with van der Waals surface area (Å²) in [5, 5.41) is 3.36. The van der Waals surface area contributed by atoms with Crippen LogP contribution in [0.3, 0.4) is 0 Å². The molecular formula is C14H24N2O. The van der Waals surface area contributed by atoms with E-state index in [1.165, 1.54) is 5.56 Å². The molecule has 0 fully saturated rings. The van der Waals surface area contributed by atoms with E-state index in [9.17, 15) is 0 Å². The molecule has 0 radical (unpaired) electrons. The van der Waals surface area contributed by atoms with E-state index in [2.05, 4.69) is 17.4 Å². The van der Waals surface area contributed by atoms with Gasteiger partial charge in [0.15, 0.2) is 0 Å². The minimum Gasteiger partial charge on any atom is -0.494 e. The monoisotopic (exact) mass is 236 g/mol. The number of benzene rings is 1. The zero-order valence-electron chi connectivity index (χ0n) is 11.1. The maximum Gasteiger partial charge on any atom is 0.119 e. The quantitative estimate of drug-likeness (QED) is 0.711. The van der Waals surface area contributed by atoms with Gasteiger partial charge in [-0.1, -0.05) is 12.1 Å². The van der Waals surface area contributed by atoms with E-state index >= 15 is 0 Å². The third-order valence-electron chi connectivity index (χ3n) is 2.41. The van der Waals surface area contributed by atoms with Crippen LogP contribution in [0.25, 0.3) is 0 Å². The Kier molecular flexibility index (Phi) is 5.45. The van der Waals surface area contributed by atoms with Crippen molar-refractivity contribution in [1.29, 1.82) is 0 Å². The Morgan fingerprint density at radius 1 is 1.24 bits per heavy atom. The van der Waals surface area contributed by atoms with Crippen LogP contribution in [0.5, 0.6) is 5.75 Å². The van der Waals surface area contributed by atoms with Crippen LogP contribution in [0.2, 0.25) is 0 Å². The highest BCUT2D eigenvalue weighted by atomic mass is 16.5. The smallest absolute Gasteiger partial charge is 0.119 e. The molecule has 0 unspecified atom stereocenters. The van der Waals surface area contributed by atoms with Gasteiger partial charge in [-0.3, -0.25) is 0 Å². The van der Waals surface area contributed by atoms with E-state index < -0.39 is 0 Å². The minimum atomic E-state index is -0.140. The van der Waals surface area contributed by atoms with Gasteiger partial charge in [-0.25, -0.2) is 0 Å². The summed E-state index contributed by atoms with van der Waals surface area (Å²) in [7, 11) is 0. The highest BCUT2D eigenvalue weighted by molar-refractivity contribution is 5.27. The molecule has 17 heavy (non-hydrogen) atoms. The molecule has 0 spiro atoms. The van der Waals surface area contributed by atoms with Crippen LogP contribution in [0.15, 0.2) is 24.3 Å². The Morgan fingerprint density at radius 2 is 1.88 bits per heavy atom. The molecule has 0 amide bonds. The first-order valence-corrected chi connectivity index (χ1v) is 6.22. The van der Waals surface area contributed by atoms with Crippen molar-refractivity contribution in [1.82, 2.24) is 5.32 Å². The molecule has 0 aliphatic heterocycles. The molecule has 1 aromatic carbocycles. The normalized spacial score (nSPS) is 11.5. The summed E-state index contributed by atoms with van der Waals surface area (Å²) in [6.07, 6.45) is 1.02. The fraction of sp³-hybridized carbons (Fsp3) is 0.571. The van der Waals surface area contributed by atoms with E-state index in [1.807, 2.05) is 32.9 Å². The summed E-state index contributed by atoms with van der Waals surface area (Å²) in [6.45, 7) is 8.55. The van der Waals surface area contributed by atoms with Crippen molar-refractivity contribution in [2.45, 2.75) is 32.7 Å². The Balaban J connectivity index is 2.27.